The second-order valence-electron chi connectivity index (χ2n) is 7.18. The van der Waals surface area contributed by atoms with Gasteiger partial charge in [0.2, 0.25) is 0 Å². The smallest absolute Gasteiger partial charge is 0.341 e. The Balaban J connectivity index is 2.16. The van der Waals surface area contributed by atoms with Crippen molar-refractivity contribution in [3.8, 4) is 16.9 Å². The minimum Gasteiger partial charge on any atom is -0.482 e. The molecule has 0 radical (unpaired) electrons. The standard InChI is InChI=1S/C22H29NO3/c1-16(2)21-14-19(8-7-18(21)6-5-13-23(3)4)17-9-11-20(12-10-17)26-15-22(24)25/h7-12,14,16H,5-6,13,15H2,1-4H3,(H,24,25). The van der Waals surface area contributed by atoms with Gasteiger partial charge in [-0.25, -0.2) is 4.79 Å². The van der Waals surface area contributed by atoms with Crippen LogP contribution in [0.5, 0.6) is 5.75 Å². The van der Waals surface area contributed by atoms with E-state index in [2.05, 4.69) is 51.0 Å². The zero-order chi connectivity index (χ0) is 19.1. The minimum atomic E-state index is -0.972. The van der Waals surface area contributed by atoms with Crippen LogP contribution >= 0.6 is 0 Å². The maximum atomic E-state index is 10.6. The number of benzene rings is 2. The van der Waals surface area contributed by atoms with Crippen molar-refractivity contribution in [1.82, 2.24) is 4.90 Å². The fraction of sp³-hybridized carbons (Fsp3) is 0.409. The van der Waals surface area contributed by atoms with E-state index in [4.69, 9.17) is 9.84 Å². The summed E-state index contributed by atoms with van der Waals surface area (Å²) in [6, 6.07) is 14.3. The first kappa shape index (κ1) is 20.0. The Morgan fingerprint density at radius 3 is 2.31 bits per heavy atom. The zero-order valence-corrected chi connectivity index (χ0v) is 16.2. The molecule has 0 fully saturated rings. The normalized spacial score (nSPS) is 11.2. The first-order chi connectivity index (χ1) is 12.4. The summed E-state index contributed by atoms with van der Waals surface area (Å²) >= 11 is 0. The molecule has 4 heteroatoms. The molecular weight excluding hydrogens is 326 g/mol. The van der Waals surface area contributed by atoms with E-state index in [1.807, 2.05) is 24.3 Å². The van der Waals surface area contributed by atoms with E-state index in [0.717, 1.165) is 24.9 Å². The van der Waals surface area contributed by atoms with E-state index in [-0.39, 0.29) is 6.61 Å². The van der Waals surface area contributed by atoms with Crippen LogP contribution in [0.4, 0.5) is 0 Å². The summed E-state index contributed by atoms with van der Waals surface area (Å²) in [5, 5.41) is 8.68. The highest BCUT2D eigenvalue weighted by atomic mass is 16.5. The lowest BCUT2D eigenvalue weighted by Crippen LogP contribution is -2.13. The van der Waals surface area contributed by atoms with E-state index >= 15 is 0 Å². The van der Waals surface area contributed by atoms with E-state index in [0.29, 0.717) is 11.7 Å². The molecule has 0 atom stereocenters. The highest BCUT2D eigenvalue weighted by Gasteiger charge is 2.10. The topological polar surface area (TPSA) is 49.8 Å². The fourth-order valence-corrected chi connectivity index (χ4v) is 3.01. The monoisotopic (exact) mass is 355 g/mol. The second kappa shape index (κ2) is 9.39. The Hall–Kier alpha value is -2.33. The molecule has 2 aromatic rings. The van der Waals surface area contributed by atoms with Gasteiger partial charge in [-0.15, -0.1) is 0 Å². The molecule has 2 rings (SSSR count). The first-order valence-electron chi connectivity index (χ1n) is 9.09. The summed E-state index contributed by atoms with van der Waals surface area (Å²) in [5.41, 5.74) is 5.10. The molecule has 0 aliphatic carbocycles. The van der Waals surface area contributed by atoms with Gasteiger partial charge in [-0.3, -0.25) is 0 Å². The van der Waals surface area contributed by atoms with Crippen molar-refractivity contribution in [3.63, 3.8) is 0 Å². The van der Waals surface area contributed by atoms with Gasteiger partial charge in [0.25, 0.3) is 0 Å². The molecule has 26 heavy (non-hydrogen) atoms. The minimum absolute atomic E-state index is 0.321. The lowest BCUT2D eigenvalue weighted by Gasteiger charge is -2.16. The number of carboxylic acids is 1. The average Bonchev–Trinajstić information content (AvgIpc) is 2.60. The predicted octanol–water partition coefficient (Wildman–Crippen LogP) is 4.43. The Morgan fingerprint density at radius 2 is 1.73 bits per heavy atom. The van der Waals surface area contributed by atoms with Crippen LogP contribution in [0, 0.1) is 0 Å². The van der Waals surface area contributed by atoms with Gasteiger partial charge in [-0.05, 0) is 73.8 Å². The molecular formula is C22H29NO3. The van der Waals surface area contributed by atoms with Crippen molar-refractivity contribution in [3.05, 3.63) is 53.6 Å². The number of rotatable bonds is 9. The van der Waals surface area contributed by atoms with Gasteiger partial charge in [0.1, 0.15) is 5.75 Å². The maximum Gasteiger partial charge on any atom is 0.341 e. The van der Waals surface area contributed by atoms with Crippen LogP contribution in [-0.4, -0.2) is 43.2 Å². The van der Waals surface area contributed by atoms with Gasteiger partial charge >= 0.3 is 5.97 Å². The van der Waals surface area contributed by atoms with E-state index < -0.39 is 5.97 Å². The molecule has 0 bridgehead atoms. The number of aryl methyl sites for hydroxylation is 1. The predicted molar refractivity (Wildman–Crippen MR) is 106 cm³/mol. The van der Waals surface area contributed by atoms with Gasteiger partial charge in [0, 0.05) is 0 Å². The van der Waals surface area contributed by atoms with Crippen LogP contribution in [0.1, 0.15) is 37.3 Å². The lowest BCUT2D eigenvalue weighted by atomic mass is 9.90. The van der Waals surface area contributed by atoms with E-state index in [9.17, 15) is 4.79 Å². The van der Waals surface area contributed by atoms with Gasteiger partial charge in [-0.2, -0.15) is 0 Å². The molecule has 0 aliphatic rings. The van der Waals surface area contributed by atoms with Crippen molar-refractivity contribution in [2.45, 2.75) is 32.6 Å². The number of ether oxygens (including phenoxy) is 1. The third kappa shape index (κ3) is 5.88. The molecule has 0 saturated carbocycles. The molecule has 4 nitrogen and oxygen atoms in total. The molecule has 0 unspecified atom stereocenters. The van der Waals surface area contributed by atoms with Crippen molar-refractivity contribution in [2.24, 2.45) is 0 Å². The first-order valence-corrected chi connectivity index (χ1v) is 9.09. The molecule has 140 valence electrons. The Kier molecular flexibility index (Phi) is 7.22. The summed E-state index contributed by atoms with van der Waals surface area (Å²) < 4.78 is 5.20. The van der Waals surface area contributed by atoms with Gasteiger partial charge < -0.3 is 14.7 Å². The van der Waals surface area contributed by atoms with Crippen LogP contribution in [0.2, 0.25) is 0 Å². The number of hydrogen-bond donors (Lipinski definition) is 1. The van der Waals surface area contributed by atoms with E-state index in [1.54, 1.807) is 0 Å². The van der Waals surface area contributed by atoms with Crippen LogP contribution in [0.3, 0.4) is 0 Å². The summed E-state index contributed by atoms with van der Waals surface area (Å²) in [4.78, 5) is 12.8. The van der Waals surface area contributed by atoms with Crippen LogP contribution in [0.15, 0.2) is 42.5 Å². The Bertz CT molecular complexity index is 721. The van der Waals surface area contributed by atoms with Crippen LogP contribution in [-0.2, 0) is 11.2 Å². The van der Waals surface area contributed by atoms with E-state index in [1.165, 1.54) is 16.7 Å². The number of aliphatic carboxylic acids is 1. The van der Waals surface area contributed by atoms with Crippen molar-refractivity contribution in [2.75, 3.05) is 27.2 Å². The molecule has 2 aromatic carbocycles. The number of carbonyl (C=O) groups is 1. The molecule has 0 aliphatic heterocycles. The van der Waals surface area contributed by atoms with Gasteiger partial charge in [0.15, 0.2) is 6.61 Å². The largest absolute Gasteiger partial charge is 0.482 e. The summed E-state index contributed by atoms with van der Waals surface area (Å²) in [7, 11) is 4.21. The maximum absolute atomic E-state index is 10.6. The summed E-state index contributed by atoms with van der Waals surface area (Å²) in [5.74, 6) is 0.0727. The molecule has 0 aromatic heterocycles. The third-order valence-corrected chi connectivity index (χ3v) is 4.37. The third-order valence-electron chi connectivity index (χ3n) is 4.37. The lowest BCUT2D eigenvalue weighted by molar-refractivity contribution is -0.139. The van der Waals surface area contributed by atoms with Crippen LogP contribution in [0.25, 0.3) is 11.1 Å². The Morgan fingerprint density at radius 1 is 1.08 bits per heavy atom. The zero-order valence-electron chi connectivity index (χ0n) is 16.2. The highest BCUT2D eigenvalue weighted by Crippen LogP contribution is 2.29. The van der Waals surface area contributed by atoms with Crippen molar-refractivity contribution < 1.29 is 14.6 Å². The molecule has 0 heterocycles. The van der Waals surface area contributed by atoms with Crippen molar-refractivity contribution >= 4 is 5.97 Å². The van der Waals surface area contributed by atoms with Crippen molar-refractivity contribution in [1.29, 1.82) is 0 Å². The average molecular weight is 355 g/mol. The van der Waals surface area contributed by atoms with Crippen LogP contribution < -0.4 is 4.74 Å². The number of carboxylic acid groups (broad SMARTS) is 1. The highest BCUT2D eigenvalue weighted by molar-refractivity contribution is 5.69. The molecule has 0 spiro atoms. The number of nitrogens with zero attached hydrogens (tertiary/aromatic N) is 1. The number of hydrogen-bond acceptors (Lipinski definition) is 3. The fourth-order valence-electron chi connectivity index (χ4n) is 3.01. The second-order valence-corrected chi connectivity index (χ2v) is 7.18. The summed E-state index contributed by atoms with van der Waals surface area (Å²) in [6.07, 6.45) is 2.25. The molecule has 0 amide bonds. The SMILES string of the molecule is CC(C)c1cc(-c2ccc(OCC(=O)O)cc2)ccc1CCCN(C)C. The summed E-state index contributed by atoms with van der Waals surface area (Å²) in [6.45, 7) is 5.24. The van der Waals surface area contributed by atoms with Gasteiger partial charge in [-0.1, -0.05) is 44.2 Å². The Labute approximate surface area is 156 Å². The molecule has 1 N–H and O–H groups in total. The quantitative estimate of drug-likeness (QED) is 0.723. The van der Waals surface area contributed by atoms with Gasteiger partial charge in [0.05, 0.1) is 0 Å². The molecule has 0 saturated heterocycles.